The van der Waals surface area contributed by atoms with E-state index in [1.165, 1.54) is 11.3 Å². The van der Waals surface area contributed by atoms with Crippen LogP contribution in [0.15, 0.2) is 58.7 Å². The van der Waals surface area contributed by atoms with Crippen molar-refractivity contribution in [3.63, 3.8) is 0 Å². The number of rotatable bonds is 5. The van der Waals surface area contributed by atoms with Gasteiger partial charge >= 0.3 is 0 Å². The van der Waals surface area contributed by atoms with Gasteiger partial charge in [0.15, 0.2) is 0 Å². The lowest BCUT2D eigenvalue weighted by molar-refractivity contribution is 0.102. The maximum atomic E-state index is 12.5. The summed E-state index contributed by atoms with van der Waals surface area (Å²) in [5.41, 5.74) is 2.43. The first-order valence-corrected chi connectivity index (χ1v) is 9.95. The zero-order valence-corrected chi connectivity index (χ0v) is 15.8. The zero-order chi connectivity index (χ0) is 17.9. The number of hydrogen-bond acceptors (Lipinski definition) is 5. The first kappa shape index (κ1) is 17.0. The van der Waals surface area contributed by atoms with Crippen LogP contribution < -0.4 is 5.32 Å². The summed E-state index contributed by atoms with van der Waals surface area (Å²) < 4.78 is 1.72. The van der Waals surface area contributed by atoms with E-state index in [0.29, 0.717) is 23.1 Å². The molecule has 0 bridgehead atoms. The molecule has 0 spiro atoms. The maximum Gasteiger partial charge on any atom is 0.276 e. The highest BCUT2D eigenvalue weighted by molar-refractivity contribution is 7.14. The van der Waals surface area contributed by atoms with Gasteiger partial charge in [0.2, 0.25) is 0 Å². The number of hydrogen-bond donors (Lipinski definition) is 1. The first-order valence-electron chi connectivity index (χ1n) is 7.75. The number of benzene rings is 1. The Morgan fingerprint density at radius 3 is 2.96 bits per heavy atom. The Balaban J connectivity index is 1.49. The summed E-state index contributed by atoms with van der Waals surface area (Å²) in [5, 5.41) is 14.4. The van der Waals surface area contributed by atoms with Gasteiger partial charge in [0.1, 0.15) is 16.5 Å². The lowest BCUT2D eigenvalue weighted by atomic mass is 10.2. The average molecular weight is 401 g/mol. The van der Waals surface area contributed by atoms with E-state index in [9.17, 15) is 4.79 Å². The van der Waals surface area contributed by atoms with Crippen molar-refractivity contribution < 1.29 is 4.79 Å². The van der Waals surface area contributed by atoms with Gasteiger partial charge in [-0.25, -0.2) is 9.67 Å². The molecule has 0 aliphatic heterocycles. The molecule has 4 aromatic rings. The maximum absolute atomic E-state index is 12.5. The molecule has 1 aromatic carbocycles. The highest BCUT2D eigenvalue weighted by atomic mass is 35.5. The zero-order valence-electron chi connectivity index (χ0n) is 13.4. The van der Waals surface area contributed by atoms with Crippen molar-refractivity contribution in [2.45, 2.75) is 6.54 Å². The Bertz CT molecular complexity index is 1040. The molecule has 3 aromatic heterocycles. The molecule has 3 heterocycles. The van der Waals surface area contributed by atoms with Crippen LogP contribution in [-0.4, -0.2) is 20.7 Å². The van der Waals surface area contributed by atoms with E-state index < -0.39 is 0 Å². The van der Waals surface area contributed by atoms with Gasteiger partial charge in [-0.2, -0.15) is 16.4 Å². The van der Waals surface area contributed by atoms with E-state index in [4.69, 9.17) is 11.6 Å². The van der Waals surface area contributed by atoms with Crippen molar-refractivity contribution in [2.24, 2.45) is 0 Å². The third-order valence-corrected chi connectivity index (χ3v) is 5.49. The Morgan fingerprint density at radius 2 is 2.15 bits per heavy atom. The fraction of sp³-hybridized carbons (Fsp3) is 0.0556. The van der Waals surface area contributed by atoms with E-state index in [-0.39, 0.29) is 5.91 Å². The van der Waals surface area contributed by atoms with Gasteiger partial charge in [0.25, 0.3) is 5.91 Å². The molecule has 0 fully saturated rings. The molecule has 8 heteroatoms. The minimum Gasteiger partial charge on any atom is -0.305 e. The normalized spacial score (nSPS) is 10.8. The Morgan fingerprint density at radius 1 is 1.23 bits per heavy atom. The topological polar surface area (TPSA) is 59.8 Å². The van der Waals surface area contributed by atoms with Crippen LogP contribution in [0, 0.1) is 0 Å². The standard InChI is InChI=1S/C18H13ClN4OS2/c19-14-3-1-2-12(8-14)9-23-16(4-6-20-23)22-17(24)15-11-26-18(21-15)13-5-7-25-10-13/h1-8,10-11H,9H2,(H,22,24). The quantitative estimate of drug-likeness (QED) is 0.511. The van der Waals surface area contributed by atoms with Gasteiger partial charge < -0.3 is 5.32 Å². The fourth-order valence-electron chi connectivity index (χ4n) is 2.45. The van der Waals surface area contributed by atoms with Crippen molar-refractivity contribution >= 4 is 46.0 Å². The van der Waals surface area contributed by atoms with Crippen LogP contribution in [0.4, 0.5) is 5.82 Å². The third kappa shape index (κ3) is 3.70. The second-order valence-corrected chi connectivity index (χ2v) is 7.58. The Hall–Kier alpha value is -2.48. The Labute approximate surface area is 162 Å². The van der Waals surface area contributed by atoms with E-state index in [1.54, 1.807) is 33.7 Å². The molecule has 1 N–H and O–H groups in total. The summed E-state index contributed by atoms with van der Waals surface area (Å²) in [7, 11) is 0. The molecule has 0 aliphatic carbocycles. The number of aromatic nitrogens is 3. The highest BCUT2D eigenvalue weighted by Crippen LogP contribution is 2.26. The fourth-order valence-corrected chi connectivity index (χ4v) is 4.18. The summed E-state index contributed by atoms with van der Waals surface area (Å²) in [6, 6.07) is 11.3. The van der Waals surface area contributed by atoms with Gasteiger partial charge in [-0.3, -0.25) is 4.79 Å². The number of carbonyl (C=O) groups excluding carboxylic acids is 1. The predicted molar refractivity (Wildman–Crippen MR) is 106 cm³/mol. The van der Waals surface area contributed by atoms with E-state index in [0.717, 1.165) is 16.1 Å². The number of nitrogens with zero attached hydrogens (tertiary/aromatic N) is 3. The number of thiophene rings is 1. The molecule has 0 radical (unpaired) electrons. The van der Waals surface area contributed by atoms with Crippen LogP contribution in [0.1, 0.15) is 16.1 Å². The summed E-state index contributed by atoms with van der Waals surface area (Å²) in [5.74, 6) is 0.357. The third-order valence-electron chi connectivity index (χ3n) is 3.68. The molecule has 0 saturated heterocycles. The molecule has 5 nitrogen and oxygen atoms in total. The van der Waals surface area contributed by atoms with E-state index >= 15 is 0 Å². The van der Waals surface area contributed by atoms with Crippen LogP contribution in [0.2, 0.25) is 5.02 Å². The summed E-state index contributed by atoms with van der Waals surface area (Å²) >= 11 is 9.09. The lowest BCUT2D eigenvalue weighted by Gasteiger charge is -2.08. The molecule has 1 amide bonds. The molecule has 130 valence electrons. The molecule has 0 saturated carbocycles. The van der Waals surface area contributed by atoms with Gasteiger partial charge in [-0.1, -0.05) is 23.7 Å². The largest absolute Gasteiger partial charge is 0.305 e. The van der Waals surface area contributed by atoms with Gasteiger partial charge in [-0.05, 0) is 29.1 Å². The van der Waals surface area contributed by atoms with Crippen molar-refractivity contribution in [2.75, 3.05) is 5.32 Å². The number of thiazole rings is 1. The Kier molecular flexibility index (Phi) is 4.83. The van der Waals surface area contributed by atoms with Crippen molar-refractivity contribution in [3.8, 4) is 10.6 Å². The number of anilines is 1. The van der Waals surface area contributed by atoms with Crippen molar-refractivity contribution in [1.82, 2.24) is 14.8 Å². The summed E-state index contributed by atoms with van der Waals surface area (Å²) in [6.45, 7) is 0.514. The van der Waals surface area contributed by atoms with Gasteiger partial charge in [0, 0.05) is 27.4 Å². The van der Waals surface area contributed by atoms with Gasteiger partial charge in [0.05, 0.1) is 12.7 Å². The monoisotopic (exact) mass is 400 g/mol. The molecule has 0 aliphatic rings. The smallest absolute Gasteiger partial charge is 0.276 e. The second kappa shape index (κ2) is 7.41. The highest BCUT2D eigenvalue weighted by Gasteiger charge is 2.14. The van der Waals surface area contributed by atoms with Gasteiger partial charge in [-0.15, -0.1) is 11.3 Å². The van der Waals surface area contributed by atoms with Crippen LogP contribution in [0.25, 0.3) is 10.6 Å². The number of nitrogens with one attached hydrogen (secondary N) is 1. The molecule has 0 unspecified atom stereocenters. The van der Waals surface area contributed by atoms with Crippen molar-refractivity contribution in [3.05, 3.63) is 75.0 Å². The SMILES string of the molecule is O=C(Nc1ccnn1Cc1cccc(Cl)c1)c1csc(-c2ccsc2)n1. The molecule has 26 heavy (non-hydrogen) atoms. The van der Waals surface area contributed by atoms with E-state index in [2.05, 4.69) is 15.4 Å². The summed E-state index contributed by atoms with van der Waals surface area (Å²) in [6.07, 6.45) is 1.65. The molecule has 4 rings (SSSR count). The number of amides is 1. The lowest BCUT2D eigenvalue weighted by Crippen LogP contribution is -2.16. The number of halogens is 1. The first-order chi connectivity index (χ1) is 12.7. The van der Waals surface area contributed by atoms with Crippen LogP contribution in [0.3, 0.4) is 0 Å². The van der Waals surface area contributed by atoms with Crippen LogP contribution in [-0.2, 0) is 6.54 Å². The van der Waals surface area contributed by atoms with E-state index in [1.807, 2.05) is 41.1 Å². The average Bonchev–Trinajstić information content (AvgIpc) is 3.37. The minimum absolute atomic E-state index is 0.254. The minimum atomic E-state index is -0.254. The molecular weight excluding hydrogens is 388 g/mol. The number of carbonyl (C=O) groups is 1. The molecular formula is C18H13ClN4OS2. The van der Waals surface area contributed by atoms with Crippen LogP contribution in [0.5, 0.6) is 0 Å². The van der Waals surface area contributed by atoms with Crippen LogP contribution >= 0.6 is 34.3 Å². The molecule has 0 atom stereocenters. The predicted octanol–water partition coefficient (Wildman–Crippen LogP) is 5.02. The summed E-state index contributed by atoms with van der Waals surface area (Å²) in [4.78, 5) is 17.0. The van der Waals surface area contributed by atoms with Crippen molar-refractivity contribution in [1.29, 1.82) is 0 Å². The second-order valence-electron chi connectivity index (χ2n) is 5.51.